The molecule has 3 nitrogen and oxygen atoms in total. The molecule has 2 rings (SSSR count). The van der Waals surface area contributed by atoms with Gasteiger partial charge in [-0.25, -0.2) is 0 Å². The van der Waals surface area contributed by atoms with Crippen LogP contribution in [-0.2, 0) is 4.79 Å². The van der Waals surface area contributed by atoms with Crippen LogP contribution in [0.3, 0.4) is 0 Å². The van der Waals surface area contributed by atoms with Gasteiger partial charge in [0.15, 0.2) is 5.11 Å². The van der Waals surface area contributed by atoms with Gasteiger partial charge in [0.2, 0.25) is 5.91 Å². The summed E-state index contributed by atoms with van der Waals surface area (Å²) in [6.45, 7) is 7.55. The lowest BCUT2D eigenvalue weighted by Crippen LogP contribution is -2.43. The molecule has 0 radical (unpaired) electrons. The number of nitrogens with one attached hydrogen (secondary N) is 1. The van der Waals surface area contributed by atoms with E-state index in [0.29, 0.717) is 5.11 Å². The maximum absolute atomic E-state index is 12.5. The summed E-state index contributed by atoms with van der Waals surface area (Å²) in [6, 6.07) is 14.2. The maximum Gasteiger partial charge on any atom is 0.233 e. The van der Waals surface area contributed by atoms with Gasteiger partial charge in [0.25, 0.3) is 0 Å². The molecule has 4 heteroatoms. The van der Waals surface area contributed by atoms with E-state index in [9.17, 15) is 4.79 Å². The van der Waals surface area contributed by atoms with Crippen molar-refractivity contribution in [1.29, 1.82) is 0 Å². The van der Waals surface area contributed by atoms with Gasteiger partial charge >= 0.3 is 0 Å². The van der Waals surface area contributed by atoms with Crippen LogP contribution in [0.15, 0.2) is 42.5 Å². The van der Waals surface area contributed by atoms with Crippen molar-refractivity contribution in [1.82, 2.24) is 10.2 Å². The fraction of sp³-hybridized carbons (Fsp3) is 0.333. The molecule has 116 valence electrons. The summed E-state index contributed by atoms with van der Waals surface area (Å²) >= 11 is 5.31. The van der Waals surface area contributed by atoms with Crippen molar-refractivity contribution in [3.63, 3.8) is 0 Å². The number of hydrogen-bond acceptors (Lipinski definition) is 2. The Morgan fingerprint density at radius 3 is 2.45 bits per heavy atom. The number of hydrogen-bond donors (Lipinski definition) is 1. The number of benzene rings is 2. The van der Waals surface area contributed by atoms with E-state index in [0.717, 1.165) is 29.4 Å². The van der Waals surface area contributed by atoms with Crippen LogP contribution in [-0.4, -0.2) is 29.0 Å². The Morgan fingerprint density at radius 1 is 1.14 bits per heavy atom. The minimum Gasteiger partial charge on any atom is -0.350 e. The number of nitrogens with zero attached hydrogens (tertiary/aromatic N) is 1. The summed E-state index contributed by atoms with van der Waals surface area (Å²) < 4.78 is 0. The Morgan fingerprint density at radius 2 is 1.77 bits per heavy atom. The van der Waals surface area contributed by atoms with Gasteiger partial charge in [0.1, 0.15) is 0 Å². The van der Waals surface area contributed by atoms with Gasteiger partial charge < -0.3 is 10.2 Å². The molecule has 0 aliphatic heterocycles. The van der Waals surface area contributed by atoms with Crippen LogP contribution in [0.4, 0.5) is 0 Å². The van der Waals surface area contributed by atoms with E-state index in [2.05, 4.69) is 23.5 Å². The molecule has 2 aromatic rings. The second-order valence-corrected chi connectivity index (χ2v) is 5.64. The maximum atomic E-state index is 12.5. The zero-order valence-corrected chi connectivity index (χ0v) is 14.1. The lowest BCUT2D eigenvalue weighted by Gasteiger charge is -2.23. The summed E-state index contributed by atoms with van der Waals surface area (Å²) in [5, 5.41) is 5.62. The standard InChI is InChI=1S/C18H22N2OS/c1-4-20(5-2)18(22)19-17(21)13(3)15-12-8-10-14-9-6-7-11-16(14)15/h6-13H,4-5H2,1-3H3,(H,19,21,22)/t13-/m0/s1. The van der Waals surface area contributed by atoms with Crippen LogP contribution >= 0.6 is 12.2 Å². The molecule has 22 heavy (non-hydrogen) atoms. The molecule has 0 aromatic heterocycles. The van der Waals surface area contributed by atoms with E-state index in [1.807, 2.05) is 49.9 Å². The molecule has 0 aliphatic rings. The lowest BCUT2D eigenvalue weighted by molar-refractivity contribution is -0.120. The molecule has 0 spiro atoms. The topological polar surface area (TPSA) is 32.3 Å². The smallest absolute Gasteiger partial charge is 0.233 e. The van der Waals surface area contributed by atoms with E-state index >= 15 is 0 Å². The average molecular weight is 314 g/mol. The Labute approximate surface area is 137 Å². The van der Waals surface area contributed by atoms with Gasteiger partial charge in [0.05, 0.1) is 5.92 Å². The van der Waals surface area contributed by atoms with Crippen molar-refractivity contribution in [2.45, 2.75) is 26.7 Å². The number of thiocarbonyl (C=S) groups is 1. The molecular formula is C18H22N2OS. The fourth-order valence-corrected chi connectivity index (χ4v) is 2.93. The highest BCUT2D eigenvalue weighted by Crippen LogP contribution is 2.25. The molecule has 0 bridgehead atoms. The van der Waals surface area contributed by atoms with Gasteiger partial charge in [-0.3, -0.25) is 4.79 Å². The molecule has 2 aromatic carbocycles. The Hall–Kier alpha value is -1.94. The van der Waals surface area contributed by atoms with Crippen molar-refractivity contribution in [2.75, 3.05) is 13.1 Å². The monoisotopic (exact) mass is 314 g/mol. The van der Waals surface area contributed by atoms with Crippen molar-refractivity contribution in [2.24, 2.45) is 0 Å². The van der Waals surface area contributed by atoms with E-state index in [1.165, 1.54) is 0 Å². The van der Waals surface area contributed by atoms with E-state index in [1.54, 1.807) is 0 Å². The molecule has 0 saturated carbocycles. The highest BCUT2D eigenvalue weighted by atomic mass is 32.1. The molecule has 0 heterocycles. The van der Waals surface area contributed by atoms with Crippen molar-refractivity contribution in [3.8, 4) is 0 Å². The first-order valence-corrected chi connectivity index (χ1v) is 8.06. The zero-order chi connectivity index (χ0) is 16.1. The third-order valence-corrected chi connectivity index (χ3v) is 4.32. The SMILES string of the molecule is CCN(CC)C(=S)NC(=O)[C@@H](C)c1cccc2ccccc12. The molecule has 1 amide bonds. The molecule has 0 fully saturated rings. The second kappa shape index (κ2) is 7.36. The first-order chi connectivity index (χ1) is 10.6. The van der Waals surface area contributed by atoms with Crippen LogP contribution in [0.5, 0.6) is 0 Å². The summed E-state index contributed by atoms with van der Waals surface area (Å²) in [5.74, 6) is -0.312. The first-order valence-electron chi connectivity index (χ1n) is 7.65. The third-order valence-electron chi connectivity index (χ3n) is 3.96. The number of carbonyl (C=O) groups is 1. The van der Waals surface area contributed by atoms with Gasteiger partial charge in [-0.2, -0.15) is 0 Å². The van der Waals surface area contributed by atoms with Crippen LogP contribution in [0.2, 0.25) is 0 Å². The Balaban J connectivity index is 2.21. The lowest BCUT2D eigenvalue weighted by atomic mass is 9.94. The molecular weight excluding hydrogens is 292 g/mol. The summed E-state index contributed by atoms with van der Waals surface area (Å²) in [6.07, 6.45) is 0. The minimum absolute atomic E-state index is 0.0618. The molecule has 0 unspecified atom stereocenters. The van der Waals surface area contributed by atoms with Crippen LogP contribution in [0.1, 0.15) is 32.3 Å². The summed E-state index contributed by atoms with van der Waals surface area (Å²) in [4.78, 5) is 14.5. The zero-order valence-electron chi connectivity index (χ0n) is 13.3. The van der Waals surface area contributed by atoms with E-state index in [-0.39, 0.29) is 11.8 Å². The largest absolute Gasteiger partial charge is 0.350 e. The second-order valence-electron chi connectivity index (χ2n) is 5.26. The molecule has 1 atom stereocenters. The third kappa shape index (κ3) is 3.45. The molecule has 0 aliphatic carbocycles. The number of rotatable bonds is 4. The number of fused-ring (bicyclic) bond motifs is 1. The van der Waals surface area contributed by atoms with Gasteiger partial charge in [-0.05, 0) is 49.3 Å². The minimum atomic E-state index is -0.250. The number of carbonyl (C=O) groups excluding carboxylic acids is 1. The average Bonchev–Trinajstić information content (AvgIpc) is 2.54. The van der Waals surface area contributed by atoms with Crippen LogP contribution in [0, 0.1) is 0 Å². The fourth-order valence-electron chi connectivity index (χ4n) is 2.57. The van der Waals surface area contributed by atoms with Crippen molar-refractivity contribution in [3.05, 3.63) is 48.0 Å². The normalized spacial score (nSPS) is 12.0. The van der Waals surface area contributed by atoms with Crippen molar-refractivity contribution >= 4 is 34.0 Å². The van der Waals surface area contributed by atoms with Crippen molar-refractivity contribution < 1.29 is 4.79 Å². The quantitative estimate of drug-likeness (QED) is 0.874. The van der Waals surface area contributed by atoms with Gasteiger partial charge in [0, 0.05) is 13.1 Å². The summed E-state index contributed by atoms with van der Waals surface area (Å²) in [5.41, 5.74) is 1.03. The Kier molecular flexibility index (Phi) is 5.50. The summed E-state index contributed by atoms with van der Waals surface area (Å²) in [7, 11) is 0. The predicted molar refractivity (Wildman–Crippen MR) is 96.0 cm³/mol. The number of amides is 1. The Bertz CT molecular complexity index is 674. The van der Waals surface area contributed by atoms with Crippen LogP contribution < -0.4 is 5.32 Å². The molecule has 1 N–H and O–H groups in total. The predicted octanol–water partition coefficient (Wildman–Crippen LogP) is 3.69. The van der Waals surface area contributed by atoms with E-state index < -0.39 is 0 Å². The van der Waals surface area contributed by atoms with Gasteiger partial charge in [-0.15, -0.1) is 0 Å². The van der Waals surface area contributed by atoms with Crippen LogP contribution in [0.25, 0.3) is 10.8 Å². The van der Waals surface area contributed by atoms with Gasteiger partial charge in [-0.1, -0.05) is 42.5 Å². The highest BCUT2D eigenvalue weighted by Gasteiger charge is 2.19. The highest BCUT2D eigenvalue weighted by molar-refractivity contribution is 7.80. The first kappa shape index (κ1) is 16.4. The van der Waals surface area contributed by atoms with E-state index in [4.69, 9.17) is 12.2 Å². The molecule has 0 saturated heterocycles.